The van der Waals surface area contributed by atoms with Crippen molar-refractivity contribution >= 4 is 5.78 Å². The Hall–Kier alpha value is -1.77. The smallest absolute Gasteiger partial charge is 0.160 e. The molecule has 0 atom stereocenters. The molecule has 0 saturated carbocycles. The summed E-state index contributed by atoms with van der Waals surface area (Å²) in [6.45, 7) is 1.54. The first-order chi connectivity index (χ1) is 8.13. The molecular formula is C14H18O3. The number of rotatable bonds is 6. The molecule has 0 unspecified atom stereocenters. The minimum Gasteiger partial charge on any atom is -0.504 e. The topological polar surface area (TPSA) is 46.5 Å². The van der Waals surface area contributed by atoms with Gasteiger partial charge in [-0.05, 0) is 50.0 Å². The van der Waals surface area contributed by atoms with Crippen LogP contribution in [0.15, 0.2) is 30.4 Å². The number of hydrogen-bond acceptors (Lipinski definition) is 3. The normalized spacial score (nSPS) is 10.7. The van der Waals surface area contributed by atoms with Crippen LogP contribution in [0, 0.1) is 0 Å². The van der Waals surface area contributed by atoms with E-state index in [0.717, 1.165) is 24.8 Å². The summed E-state index contributed by atoms with van der Waals surface area (Å²) in [5.41, 5.74) is 1.07. The number of phenols is 1. The number of carbonyl (C=O) groups excluding carboxylic acids is 1. The second-order valence-electron chi connectivity index (χ2n) is 3.91. The third-order valence-electron chi connectivity index (χ3n) is 2.43. The molecule has 0 spiro atoms. The summed E-state index contributed by atoms with van der Waals surface area (Å²) < 4.78 is 4.97. The van der Waals surface area contributed by atoms with Gasteiger partial charge in [0.25, 0.3) is 0 Å². The Balaban J connectivity index is 2.42. The van der Waals surface area contributed by atoms with Crippen molar-refractivity contribution in [1.29, 1.82) is 0 Å². The number of carbonyl (C=O) groups is 1. The van der Waals surface area contributed by atoms with Gasteiger partial charge < -0.3 is 9.84 Å². The van der Waals surface area contributed by atoms with E-state index in [4.69, 9.17) is 4.74 Å². The number of phenolic OH excluding ortho intramolecular Hbond substituents is 1. The standard InChI is InChI=1S/C14H18O3/c1-11(15)6-4-3-5-7-12-8-9-14(17-2)13(16)10-12/h4,6,8-10,16H,3,5,7H2,1-2H3. The van der Waals surface area contributed by atoms with Crippen LogP contribution in [0.1, 0.15) is 25.3 Å². The van der Waals surface area contributed by atoms with Crippen molar-refractivity contribution in [1.82, 2.24) is 0 Å². The predicted octanol–water partition coefficient (Wildman–Crippen LogP) is 2.87. The molecule has 17 heavy (non-hydrogen) atoms. The van der Waals surface area contributed by atoms with Crippen LogP contribution in [-0.2, 0) is 11.2 Å². The molecule has 3 heteroatoms. The van der Waals surface area contributed by atoms with E-state index in [1.807, 2.05) is 12.1 Å². The third kappa shape index (κ3) is 4.72. The second-order valence-corrected chi connectivity index (χ2v) is 3.91. The van der Waals surface area contributed by atoms with Gasteiger partial charge in [-0.15, -0.1) is 0 Å². The van der Waals surface area contributed by atoms with Gasteiger partial charge in [0.2, 0.25) is 0 Å². The molecule has 0 aromatic heterocycles. The molecule has 0 fully saturated rings. The Morgan fingerprint density at radius 2 is 2.24 bits per heavy atom. The van der Waals surface area contributed by atoms with E-state index in [0.29, 0.717) is 5.75 Å². The van der Waals surface area contributed by atoms with Crippen LogP contribution >= 0.6 is 0 Å². The minimum atomic E-state index is 0.0760. The van der Waals surface area contributed by atoms with Crippen molar-refractivity contribution in [3.8, 4) is 11.5 Å². The van der Waals surface area contributed by atoms with E-state index in [-0.39, 0.29) is 11.5 Å². The van der Waals surface area contributed by atoms with Crippen molar-refractivity contribution in [2.24, 2.45) is 0 Å². The number of aryl methyl sites for hydroxylation is 1. The van der Waals surface area contributed by atoms with Crippen molar-refractivity contribution in [3.05, 3.63) is 35.9 Å². The van der Waals surface area contributed by atoms with Crippen molar-refractivity contribution in [2.75, 3.05) is 7.11 Å². The maximum absolute atomic E-state index is 10.7. The van der Waals surface area contributed by atoms with E-state index < -0.39 is 0 Å². The van der Waals surface area contributed by atoms with Gasteiger partial charge in [0.1, 0.15) is 0 Å². The van der Waals surface area contributed by atoms with Gasteiger partial charge in [-0.1, -0.05) is 12.1 Å². The average molecular weight is 234 g/mol. The van der Waals surface area contributed by atoms with Gasteiger partial charge in [-0.2, -0.15) is 0 Å². The molecule has 0 bridgehead atoms. The molecule has 1 rings (SSSR count). The third-order valence-corrected chi connectivity index (χ3v) is 2.43. The van der Waals surface area contributed by atoms with Crippen LogP contribution in [-0.4, -0.2) is 18.0 Å². The number of ketones is 1. The van der Waals surface area contributed by atoms with Crippen molar-refractivity contribution in [3.63, 3.8) is 0 Å². The molecular weight excluding hydrogens is 216 g/mol. The summed E-state index contributed by atoms with van der Waals surface area (Å²) in [5, 5.41) is 9.58. The van der Waals surface area contributed by atoms with Crippen LogP contribution in [0.25, 0.3) is 0 Å². The predicted molar refractivity (Wildman–Crippen MR) is 67.4 cm³/mol. The zero-order valence-electron chi connectivity index (χ0n) is 10.3. The Morgan fingerprint density at radius 3 is 2.82 bits per heavy atom. The molecule has 0 saturated heterocycles. The highest BCUT2D eigenvalue weighted by Gasteiger charge is 2.01. The maximum atomic E-state index is 10.7. The second kappa shape index (κ2) is 6.74. The Bertz CT molecular complexity index is 408. The molecule has 0 aliphatic carbocycles. The molecule has 3 nitrogen and oxygen atoms in total. The van der Waals surface area contributed by atoms with E-state index >= 15 is 0 Å². The number of benzene rings is 1. The summed E-state index contributed by atoms with van der Waals surface area (Å²) in [6, 6.07) is 5.41. The summed E-state index contributed by atoms with van der Waals surface area (Å²) in [7, 11) is 1.53. The highest BCUT2D eigenvalue weighted by atomic mass is 16.5. The fraction of sp³-hybridized carbons (Fsp3) is 0.357. The number of allylic oxidation sites excluding steroid dienone is 2. The molecule has 0 radical (unpaired) electrons. The molecule has 0 amide bonds. The number of methoxy groups -OCH3 is 1. The molecule has 0 heterocycles. The van der Waals surface area contributed by atoms with Gasteiger partial charge in [-0.3, -0.25) is 4.79 Å². The summed E-state index contributed by atoms with van der Waals surface area (Å²) in [6.07, 6.45) is 6.17. The lowest BCUT2D eigenvalue weighted by molar-refractivity contribution is -0.112. The van der Waals surface area contributed by atoms with Crippen LogP contribution in [0.5, 0.6) is 11.5 Å². The number of unbranched alkanes of at least 4 members (excludes halogenated alkanes) is 1. The Morgan fingerprint density at radius 1 is 1.47 bits per heavy atom. The van der Waals surface area contributed by atoms with Crippen molar-refractivity contribution < 1.29 is 14.6 Å². The van der Waals surface area contributed by atoms with Gasteiger partial charge >= 0.3 is 0 Å². The molecule has 0 aliphatic heterocycles. The number of ether oxygens (including phenoxy) is 1. The Kier molecular flexibility index (Phi) is 5.27. The molecule has 0 aliphatic rings. The zero-order valence-corrected chi connectivity index (χ0v) is 10.3. The Labute approximate surface area is 102 Å². The van der Waals surface area contributed by atoms with Gasteiger partial charge in [0.15, 0.2) is 17.3 Å². The lowest BCUT2D eigenvalue weighted by Crippen LogP contribution is -1.88. The molecule has 92 valence electrons. The molecule has 1 N–H and O–H groups in total. The number of aromatic hydroxyl groups is 1. The lowest BCUT2D eigenvalue weighted by atomic mass is 10.1. The summed E-state index contributed by atoms with van der Waals surface area (Å²) in [5.74, 6) is 0.738. The maximum Gasteiger partial charge on any atom is 0.160 e. The average Bonchev–Trinajstić information content (AvgIpc) is 2.28. The highest BCUT2D eigenvalue weighted by molar-refractivity contribution is 5.87. The van der Waals surface area contributed by atoms with Gasteiger partial charge in [-0.25, -0.2) is 0 Å². The summed E-state index contributed by atoms with van der Waals surface area (Å²) in [4.78, 5) is 10.7. The zero-order chi connectivity index (χ0) is 12.7. The van der Waals surface area contributed by atoms with E-state index in [1.54, 1.807) is 18.2 Å². The largest absolute Gasteiger partial charge is 0.504 e. The van der Waals surface area contributed by atoms with E-state index in [9.17, 15) is 9.90 Å². The van der Waals surface area contributed by atoms with Crippen LogP contribution in [0.3, 0.4) is 0 Å². The lowest BCUT2D eigenvalue weighted by Gasteiger charge is -2.05. The fourth-order valence-corrected chi connectivity index (χ4v) is 1.56. The van der Waals surface area contributed by atoms with E-state index in [1.165, 1.54) is 14.0 Å². The molecule has 1 aromatic rings. The van der Waals surface area contributed by atoms with Gasteiger partial charge in [0, 0.05) is 0 Å². The highest BCUT2D eigenvalue weighted by Crippen LogP contribution is 2.26. The van der Waals surface area contributed by atoms with Gasteiger partial charge in [0.05, 0.1) is 7.11 Å². The monoisotopic (exact) mass is 234 g/mol. The first kappa shape index (κ1) is 13.3. The number of hydrogen-bond donors (Lipinski definition) is 1. The quantitative estimate of drug-likeness (QED) is 0.608. The summed E-state index contributed by atoms with van der Waals surface area (Å²) >= 11 is 0. The van der Waals surface area contributed by atoms with Crippen LogP contribution in [0.4, 0.5) is 0 Å². The van der Waals surface area contributed by atoms with Crippen molar-refractivity contribution in [2.45, 2.75) is 26.2 Å². The first-order valence-corrected chi connectivity index (χ1v) is 5.66. The van der Waals surface area contributed by atoms with E-state index in [2.05, 4.69) is 0 Å². The first-order valence-electron chi connectivity index (χ1n) is 5.66. The molecule has 1 aromatic carbocycles. The fourth-order valence-electron chi connectivity index (χ4n) is 1.56. The minimum absolute atomic E-state index is 0.0760. The van der Waals surface area contributed by atoms with Crippen LogP contribution < -0.4 is 4.74 Å². The SMILES string of the molecule is COc1ccc(CCCC=CC(C)=O)cc1O. The van der Waals surface area contributed by atoms with Crippen LogP contribution in [0.2, 0.25) is 0 Å².